The maximum absolute atomic E-state index is 3.44. The zero-order valence-corrected chi connectivity index (χ0v) is 8.73. The summed E-state index contributed by atoms with van der Waals surface area (Å²) in [4.78, 5) is 0. The molecular weight excluding hydrogens is 158 g/mol. The van der Waals surface area contributed by atoms with Gasteiger partial charge in [-0.3, -0.25) is 0 Å². The van der Waals surface area contributed by atoms with Crippen molar-refractivity contribution in [3.8, 4) is 0 Å². The van der Waals surface area contributed by atoms with E-state index in [0.717, 1.165) is 6.54 Å². The van der Waals surface area contributed by atoms with Crippen LogP contribution in [0.15, 0.2) is 12.2 Å². The van der Waals surface area contributed by atoms with Crippen LogP contribution in [0.25, 0.3) is 0 Å². The Bertz CT molecular complexity index is 115. The highest BCUT2D eigenvalue weighted by molar-refractivity contribution is 4.83. The van der Waals surface area contributed by atoms with Crippen molar-refractivity contribution in [2.24, 2.45) is 0 Å². The van der Waals surface area contributed by atoms with E-state index in [9.17, 15) is 0 Å². The molecule has 1 rings (SSSR count). The monoisotopic (exact) mass is 181 g/mol. The van der Waals surface area contributed by atoms with Gasteiger partial charge in [0.2, 0.25) is 0 Å². The summed E-state index contributed by atoms with van der Waals surface area (Å²) in [6.45, 7) is 2.27. The largest absolute Gasteiger partial charge is 0.313 e. The molecule has 0 aromatic heterocycles. The quantitative estimate of drug-likeness (QED) is 0.566. The number of rotatable bonds is 0. The molecule has 0 amide bonds. The van der Waals surface area contributed by atoms with Gasteiger partial charge in [-0.05, 0) is 25.8 Å². The second kappa shape index (κ2) is 8.31. The molecule has 1 nitrogen and oxygen atoms in total. The van der Waals surface area contributed by atoms with Crippen LogP contribution in [0.4, 0.5) is 0 Å². The predicted octanol–water partition coefficient (Wildman–Crippen LogP) is 3.27. The van der Waals surface area contributed by atoms with Crippen LogP contribution in [0.2, 0.25) is 0 Å². The second-order valence-corrected chi connectivity index (χ2v) is 3.94. The molecule has 0 aliphatic carbocycles. The smallest absolute Gasteiger partial charge is 0.0134 e. The highest BCUT2D eigenvalue weighted by Gasteiger charge is 1.92. The minimum atomic E-state index is 1.07. The van der Waals surface area contributed by atoms with Crippen LogP contribution in [0.3, 0.4) is 0 Å². The van der Waals surface area contributed by atoms with Crippen molar-refractivity contribution in [1.82, 2.24) is 5.32 Å². The van der Waals surface area contributed by atoms with Crippen LogP contribution < -0.4 is 5.32 Å². The Morgan fingerprint density at radius 3 is 2.23 bits per heavy atom. The molecule has 0 saturated heterocycles. The molecule has 1 aliphatic heterocycles. The van der Waals surface area contributed by atoms with Crippen molar-refractivity contribution < 1.29 is 0 Å². The highest BCUT2D eigenvalue weighted by atomic mass is 14.8. The summed E-state index contributed by atoms with van der Waals surface area (Å²) >= 11 is 0. The van der Waals surface area contributed by atoms with E-state index < -0.39 is 0 Å². The van der Waals surface area contributed by atoms with E-state index in [2.05, 4.69) is 17.5 Å². The van der Waals surface area contributed by atoms with Crippen molar-refractivity contribution in [1.29, 1.82) is 0 Å². The topological polar surface area (TPSA) is 12.0 Å². The van der Waals surface area contributed by atoms with Crippen LogP contribution in [-0.2, 0) is 0 Å². The maximum Gasteiger partial charge on any atom is 0.0134 e. The first-order chi connectivity index (χ1) is 6.50. The lowest BCUT2D eigenvalue weighted by molar-refractivity contribution is 0.570. The molecule has 1 N–H and O–H groups in total. The summed E-state index contributed by atoms with van der Waals surface area (Å²) in [7, 11) is 0. The molecule has 0 aromatic carbocycles. The average molecular weight is 181 g/mol. The molecule has 0 fully saturated rings. The van der Waals surface area contributed by atoms with E-state index in [1.165, 1.54) is 57.9 Å². The third kappa shape index (κ3) is 6.83. The molecule has 1 heteroatoms. The summed E-state index contributed by atoms with van der Waals surface area (Å²) in [5.41, 5.74) is 0. The van der Waals surface area contributed by atoms with Crippen molar-refractivity contribution in [2.75, 3.05) is 13.1 Å². The predicted molar refractivity (Wildman–Crippen MR) is 58.9 cm³/mol. The second-order valence-electron chi connectivity index (χ2n) is 3.94. The first-order valence-electron chi connectivity index (χ1n) is 5.86. The zero-order valence-electron chi connectivity index (χ0n) is 8.73. The Hall–Kier alpha value is -0.300. The fourth-order valence-corrected chi connectivity index (χ4v) is 1.78. The molecule has 1 heterocycles. The lowest BCUT2D eigenvalue weighted by atomic mass is 10.1. The van der Waals surface area contributed by atoms with Gasteiger partial charge in [0.1, 0.15) is 0 Å². The molecule has 0 atom stereocenters. The van der Waals surface area contributed by atoms with Gasteiger partial charge in [0.05, 0.1) is 0 Å². The summed E-state index contributed by atoms with van der Waals surface area (Å²) in [6, 6.07) is 0. The Morgan fingerprint density at radius 1 is 0.692 bits per heavy atom. The number of hydrogen-bond acceptors (Lipinski definition) is 1. The average Bonchev–Trinajstić information content (AvgIpc) is 2.18. The molecule has 0 unspecified atom stereocenters. The normalized spacial score (nSPS) is 22.8. The summed E-state index contributed by atoms with van der Waals surface area (Å²) < 4.78 is 0. The van der Waals surface area contributed by atoms with Crippen LogP contribution >= 0.6 is 0 Å². The van der Waals surface area contributed by atoms with E-state index in [-0.39, 0.29) is 0 Å². The van der Waals surface area contributed by atoms with Crippen molar-refractivity contribution in [2.45, 2.75) is 51.4 Å². The van der Waals surface area contributed by atoms with E-state index in [1.807, 2.05) is 0 Å². The van der Waals surface area contributed by atoms with Crippen LogP contribution in [0.1, 0.15) is 51.4 Å². The molecule has 0 aromatic rings. The molecule has 76 valence electrons. The van der Waals surface area contributed by atoms with Crippen molar-refractivity contribution in [3.05, 3.63) is 12.2 Å². The van der Waals surface area contributed by atoms with Gasteiger partial charge in [0.15, 0.2) is 0 Å². The molecule has 1 aliphatic rings. The van der Waals surface area contributed by atoms with Gasteiger partial charge < -0.3 is 5.32 Å². The summed E-state index contributed by atoms with van der Waals surface area (Å²) in [6.07, 6.45) is 15.8. The SMILES string of the molecule is C1=CCNCCCCCCCCC1. The Morgan fingerprint density at radius 2 is 1.38 bits per heavy atom. The lowest BCUT2D eigenvalue weighted by Gasteiger charge is -2.01. The Labute approximate surface area is 82.6 Å². The van der Waals surface area contributed by atoms with E-state index in [1.54, 1.807) is 0 Å². The molecule has 0 saturated carbocycles. The van der Waals surface area contributed by atoms with E-state index >= 15 is 0 Å². The van der Waals surface area contributed by atoms with E-state index in [4.69, 9.17) is 0 Å². The fourth-order valence-electron chi connectivity index (χ4n) is 1.78. The zero-order chi connectivity index (χ0) is 9.19. The Kier molecular flexibility index (Phi) is 6.89. The van der Waals surface area contributed by atoms with Gasteiger partial charge in [-0.1, -0.05) is 44.3 Å². The molecule has 0 spiro atoms. The van der Waals surface area contributed by atoms with Gasteiger partial charge in [-0.25, -0.2) is 0 Å². The van der Waals surface area contributed by atoms with Crippen molar-refractivity contribution >= 4 is 0 Å². The highest BCUT2D eigenvalue weighted by Crippen LogP contribution is 2.08. The first-order valence-corrected chi connectivity index (χ1v) is 5.86. The Balaban J connectivity index is 2.09. The molecular formula is C12H23N. The maximum atomic E-state index is 3.44. The van der Waals surface area contributed by atoms with Gasteiger partial charge in [-0.2, -0.15) is 0 Å². The van der Waals surface area contributed by atoms with Gasteiger partial charge in [-0.15, -0.1) is 0 Å². The summed E-state index contributed by atoms with van der Waals surface area (Å²) in [5.74, 6) is 0. The van der Waals surface area contributed by atoms with Gasteiger partial charge in [0, 0.05) is 6.54 Å². The summed E-state index contributed by atoms with van der Waals surface area (Å²) in [5, 5.41) is 3.44. The minimum absolute atomic E-state index is 1.07. The number of allylic oxidation sites excluding steroid dienone is 1. The van der Waals surface area contributed by atoms with E-state index in [0.29, 0.717) is 0 Å². The standard InChI is InChI=1S/C12H23N/c1-2-4-6-8-10-12-13-11-9-7-5-3-1/h7,9,13H,1-6,8,10-12H2. The molecule has 0 bridgehead atoms. The van der Waals surface area contributed by atoms with Crippen molar-refractivity contribution in [3.63, 3.8) is 0 Å². The molecule has 13 heavy (non-hydrogen) atoms. The lowest BCUT2D eigenvalue weighted by Crippen LogP contribution is -2.14. The third-order valence-electron chi connectivity index (χ3n) is 2.65. The number of nitrogens with one attached hydrogen (secondary N) is 1. The number of hydrogen-bond donors (Lipinski definition) is 1. The van der Waals surface area contributed by atoms with Crippen LogP contribution in [0.5, 0.6) is 0 Å². The van der Waals surface area contributed by atoms with Crippen LogP contribution in [0, 0.1) is 0 Å². The van der Waals surface area contributed by atoms with Crippen LogP contribution in [-0.4, -0.2) is 13.1 Å². The van der Waals surface area contributed by atoms with Gasteiger partial charge >= 0.3 is 0 Å². The fraction of sp³-hybridized carbons (Fsp3) is 0.833. The van der Waals surface area contributed by atoms with Gasteiger partial charge in [0.25, 0.3) is 0 Å². The first kappa shape index (κ1) is 10.8. The molecule has 0 radical (unpaired) electrons. The minimum Gasteiger partial charge on any atom is -0.313 e. The third-order valence-corrected chi connectivity index (χ3v) is 2.65.